The number of rotatable bonds is 4. The van der Waals surface area contributed by atoms with E-state index in [0.29, 0.717) is 17.2 Å². The third kappa shape index (κ3) is 3.74. The van der Waals surface area contributed by atoms with Gasteiger partial charge in [-0.3, -0.25) is 0 Å². The van der Waals surface area contributed by atoms with Crippen LogP contribution in [0.15, 0.2) is 41.7 Å². The Morgan fingerprint density at radius 3 is 2.35 bits per heavy atom. The molecular formula is C15H20O2. The van der Waals surface area contributed by atoms with Crippen molar-refractivity contribution in [3.05, 3.63) is 47.2 Å². The first-order valence-corrected chi connectivity index (χ1v) is 6.00. The van der Waals surface area contributed by atoms with Gasteiger partial charge in [-0.25, -0.2) is 4.79 Å². The molecule has 0 fully saturated rings. The van der Waals surface area contributed by atoms with Crippen molar-refractivity contribution in [1.29, 1.82) is 0 Å². The van der Waals surface area contributed by atoms with Crippen molar-refractivity contribution in [3.8, 4) is 0 Å². The fourth-order valence-corrected chi connectivity index (χ4v) is 1.51. The largest absolute Gasteiger partial charge is 0.428 e. The van der Waals surface area contributed by atoms with Crippen LogP contribution >= 0.6 is 0 Å². The van der Waals surface area contributed by atoms with Gasteiger partial charge in [0.2, 0.25) is 0 Å². The third-order valence-electron chi connectivity index (χ3n) is 3.16. The molecule has 1 rings (SSSR count). The Balaban J connectivity index is 2.76. The van der Waals surface area contributed by atoms with Crippen LogP contribution in [-0.4, -0.2) is 5.97 Å². The maximum absolute atomic E-state index is 11.8. The Morgan fingerprint density at radius 1 is 1.24 bits per heavy atom. The molecule has 0 aliphatic heterocycles. The minimum atomic E-state index is -0.286. The fourth-order valence-electron chi connectivity index (χ4n) is 1.51. The lowest BCUT2D eigenvalue weighted by molar-refractivity contribution is 0.0620. The molecule has 0 N–H and O–H groups in total. The van der Waals surface area contributed by atoms with Gasteiger partial charge in [0.1, 0.15) is 5.76 Å². The van der Waals surface area contributed by atoms with Crippen molar-refractivity contribution in [2.75, 3.05) is 0 Å². The number of hydrogen-bond donors (Lipinski definition) is 0. The topological polar surface area (TPSA) is 26.3 Å². The van der Waals surface area contributed by atoms with Gasteiger partial charge in [-0.1, -0.05) is 32.0 Å². The molecule has 17 heavy (non-hydrogen) atoms. The lowest BCUT2D eigenvalue weighted by Gasteiger charge is -2.13. The number of benzene rings is 1. The molecular weight excluding hydrogens is 212 g/mol. The van der Waals surface area contributed by atoms with Gasteiger partial charge in [-0.2, -0.15) is 0 Å². The molecule has 0 saturated heterocycles. The highest BCUT2D eigenvalue weighted by Crippen LogP contribution is 2.19. The van der Waals surface area contributed by atoms with Crippen LogP contribution in [0, 0.1) is 5.92 Å². The van der Waals surface area contributed by atoms with Crippen molar-refractivity contribution >= 4 is 5.97 Å². The van der Waals surface area contributed by atoms with Gasteiger partial charge in [-0.05, 0) is 43.9 Å². The number of carbonyl (C=O) groups excluding carboxylic acids is 1. The van der Waals surface area contributed by atoms with Crippen molar-refractivity contribution in [2.45, 2.75) is 34.1 Å². The summed E-state index contributed by atoms with van der Waals surface area (Å²) in [6.45, 7) is 8.12. The van der Waals surface area contributed by atoms with Crippen LogP contribution in [0.2, 0.25) is 0 Å². The molecule has 0 aliphatic rings. The van der Waals surface area contributed by atoms with E-state index < -0.39 is 0 Å². The average Bonchev–Trinajstić information content (AvgIpc) is 2.37. The first-order chi connectivity index (χ1) is 8.06. The van der Waals surface area contributed by atoms with Crippen LogP contribution in [0.4, 0.5) is 0 Å². The second-order valence-corrected chi connectivity index (χ2v) is 4.30. The van der Waals surface area contributed by atoms with E-state index in [1.54, 1.807) is 12.1 Å². The van der Waals surface area contributed by atoms with Crippen molar-refractivity contribution < 1.29 is 9.53 Å². The van der Waals surface area contributed by atoms with Gasteiger partial charge in [0, 0.05) is 0 Å². The molecule has 2 nitrogen and oxygen atoms in total. The molecule has 1 unspecified atom stereocenters. The van der Waals surface area contributed by atoms with E-state index in [-0.39, 0.29) is 5.97 Å². The molecule has 0 aliphatic carbocycles. The minimum Gasteiger partial charge on any atom is -0.428 e. The Morgan fingerprint density at radius 2 is 1.82 bits per heavy atom. The summed E-state index contributed by atoms with van der Waals surface area (Å²) in [6, 6.07) is 9.06. The zero-order valence-corrected chi connectivity index (χ0v) is 11.0. The third-order valence-corrected chi connectivity index (χ3v) is 3.16. The quantitative estimate of drug-likeness (QED) is 0.575. The maximum Gasteiger partial charge on any atom is 0.343 e. The zero-order valence-electron chi connectivity index (χ0n) is 11.0. The first kappa shape index (κ1) is 13.5. The van der Waals surface area contributed by atoms with Crippen LogP contribution in [0.3, 0.4) is 0 Å². The molecule has 0 radical (unpaired) electrons. The summed E-state index contributed by atoms with van der Waals surface area (Å²) in [5, 5.41) is 0. The normalized spacial score (nSPS) is 13.9. The van der Waals surface area contributed by atoms with Crippen LogP contribution in [0.5, 0.6) is 0 Å². The Hall–Kier alpha value is -1.57. The fraction of sp³-hybridized carbons (Fsp3) is 0.400. The van der Waals surface area contributed by atoms with Gasteiger partial charge < -0.3 is 4.74 Å². The molecule has 0 heterocycles. The molecule has 2 heteroatoms. The predicted molar refractivity (Wildman–Crippen MR) is 69.7 cm³/mol. The lowest BCUT2D eigenvalue weighted by Crippen LogP contribution is -2.07. The average molecular weight is 232 g/mol. The standard InChI is InChI=1S/C15H20O2/c1-5-11(2)12(3)13(4)17-15(16)14-9-7-6-8-10-14/h6-11H,5H2,1-4H3/b13-12+. The first-order valence-electron chi connectivity index (χ1n) is 6.00. The SMILES string of the molecule is CCC(C)/C(C)=C(\C)OC(=O)c1ccccc1. The minimum absolute atomic E-state index is 0.286. The van der Waals surface area contributed by atoms with Crippen molar-refractivity contribution in [3.63, 3.8) is 0 Å². The number of allylic oxidation sites excluding steroid dienone is 2. The van der Waals surface area contributed by atoms with E-state index >= 15 is 0 Å². The molecule has 0 aromatic heterocycles. The molecule has 0 bridgehead atoms. The van der Waals surface area contributed by atoms with Gasteiger partial charge in [0.15, 0.2) is 0 Å². The van der Waals surface area contributed by atoms with Crippen molar-refractivity contribution in [2.24, 2.45) is 5.92 Å². The van der Waals surface area contributed by atoms with Crippen LogP contribution in [-0.2, 0) is 4.74 Å². The summed E-state index contributed by atoms with van der Waals surface area (Å²) in [4.78, 5) is 11.8. The summed E-state index contributed by atoms with van der Waals surface area (Å²) in [7, 11) is 0. The van der Waals surface area contributed by atoms with E-state index in [9.17, 15) is 4.79 Å². The smallest absolute Gasteiger partial charge is 0.343 e. The lowest BCUT2D eigenvalue weighted by atomic mass is 9.99. The monoisotopic (exact) mass is 232 g/mol. The van der Waals surface area contributed by atoms with Gasteiger partial charge >= 0.3 is 5.97 Å². The second kappa shape index (κ2) is 6.24. The highest BCUT2D eigenvalue weighted by Gasteiger charge is 2.11. The number of carbonyl (C=O) groups is 1. The highest BCUT2D eigenvalue weighted by atomic mass is 16.5. The summed E-state index contributed by atoms with van der Waals surface area (Å²) in [5.74, 6) is 0.873. The van der Waals surface area contributed by atoms with Gasteiger partial charge in [0.25, 0.3) is 0 Å². The van der Waals surface area contributed by atoms with E-state index in [4.69, 9.17) is 4.74 Å². The van der Waals surface area contributed by atoms with E-state index in [2.05, 4.69) is 13.8 Å². The summed E-state index contributed by atoms with van der Waals surface area (Å²) < 4.78 is 5.36. The van der Waals surface area contributed by atoms with Crippen LogP contribution in [0.25, 0.3) is 0 Å². The maximum atomic E-state index is 11.8. The summed E-state index contributed by atoms with van der Waals surface area (Å²) >= 11 is 0. The van der Waals surface area contributed by atoms with E-state index in [1.807, 2.05) is 32.0 Å². The van der Waals surface area contributed by atoms with Gasteiger partial charge in [0.05, 0.1) is 5.56 Å². The summed E-state index contributed by atoms with van der Waals surface area (Å²) in [5.41, 5.74) is 1.72. The van der Waals surface area contributed by atoms with Gasteiger partial charge in [-0.15, -0.1) is 0 Å². The highest BCUT2D eigenvalue weighted by molar-refractivity contribution is 5.89. The molecule has 1 aromatic rings. The second-order valence-electron chi connectivity index (χ2n) is 4.30. The molecule has 92 valence electrons. The van der Waals surface area contributed by atoms with E-state index in [0.717, 1.165) is 12.0 Å². The molecule has 0 amide bonds. The molecule has 1 atom stereocenters. The summed E-state index contributed by atoms with van der Waals surface area (Å²) in [6.07, 6.45) is 1.05. The number of ether oxygens (including phenoxy) is 1. The molecule has 0 saturated carbocycles. The Kier molecular flexibility index (Phi) is 4.95. The number of hydrogen-bond acceptors (Lipinski definition) is 2. The predicted octanol–water partition coefficient (Wildman–Crippen LogP) is 4.18. The number of esters is 1. The Labute approximate surface area is 103 Å². The van der Waals surface area contributed by atoms with Crippen LogP contribution < -0.4 is 0 Å². The van der Waals surface area contributed by atoms with E-state index in [1.165, 1.54) is 0 Å². The molecule has 0 spiro atoms. The van der Waals surface area contributed by atoms with Crippen molar-refractivity contribution in [1.82, 2.24) is 0 Å². The zero-order chi connectivity index (χ0) is 12.8. The molecule has 1 aromatic carbocycles. The van der Waals surface area contributed by atoms with Crippen LogP contribution in [0.1, 0.15) is 44.5 Å². The Bertz CT molecular complexity index is 404.